The molecule has 0 aliphatic carbocycles. The Kier molecular flexibility index (Phi) is 4.89. The first-order chi connectivity index (χ1) is 13.9. The molecule has 29 heavy (non-hydrogen) atoms. The van der Waals surface area contributed by atoms with Gasteiger partial charge >= 0.3 is 6.36 Å². The second kappa shape index (κ2) is 7.51. The van der Waals surface area contributed by atoms with E-state index in [0.717, 1.165) is 5.76 Å². The van der Waals surface area contributed by atoms with E-state index in [9.17, 15) is 13.2 Å². The Morgan fingerprint density at radius 3 is 2.38 bits per heavy atom. The molecule has 2 aromatic heterocycles. The molecule has 6 nitrogen and oxygen atoms in total. The number of hydrogen-bond donors (Lipinski definition) is 1. The number of ether oxygens (including phenoxy) is 2. The molecule has 0 spiro atoms. The topological polar surface area (TPSA) is 65.8 Å². The van der Waals surface area contributed by atoms with E-state index < -0.39 is 12.5 Å². The van der Waals surface area contributed by atoms with E-state index in [2.05, 4.69) is 15.2 Å². The monoisotopic (exact) mass is 404 g/mol. The lowest BCUT2D eigenvalue weighted by molar-refractivity contribution is -0.274. The van der Waals surface area contributed by atoms with Crippen LogP contribution in [0, 0.1) is 6.92 Å². The molecule has 4 rings (SSSR count). The number of furan rings is 1. The van der Waals surface area contributed by atoms with Gasteiger partial charge < -0.3 is 13.9 Å². The number of hydroxylamine groups is 1. The van der Waals surface area contributed by atoms with Gasteiger partial charge in [-0.05, 0) is 48.9 Å². The first kappa shape index (κ1) is 18.9. The maximum absolute atomic E-state index is 12.2. The van der Waals surface area contributed by atoms with Crippen LogP contribution in [0.25, 0.3) is 11.5 Å². The number of benzene rings is 1. The van der Waals surface area contributed by atoms with E-state index >= 15 is 0 Å². The maximum Gasteiger partial charge on any atom is 0.573 e. The molecule has 1 aliphatic rings. The molecule has 9 heteroatoms. The van der Waals surface area contributed by atoms with E-state index in [-0.39, 0.29) is 5.75 Å². The van der Waals surface area contributed by atoms with Crippen LogP contribution in [0.5, 0.6) is 11.5 Å². The van der Waals surface area contributed by atoms with Crippen molar-refractivity contribution in [2.24, 2.45) is 0 Å². The van der Waals surface area contributed by atoms with Gasteiger partial charge in [0.15, 0.2) is 5.76 Å². The van der Waals surface area contributed by atoms with Crippen LogP contribution in [-0.2, 0) is 4.84 Å². The molecular weight excluding hydrogens is 389 g/mol. The Bertz CT molecular complexity index is 1010. The quantitative estimate of drug-likeness (QED) is 0.642. The number of hydrogen-bond acceptors (Lipinski definition) is 6. The minimum atomic E-state index is -4.73. The molecule has 1 aromatic carbocycles. The second-order valence-corrected chi connectivity index (χ2v) is 6.18. The van der Waals surface area contributed by atoms with Crippen LogP contribution >= 0.6 is 0 Å². The molecule has 1 N–H and O–H groups in total. The summed E-state index contributed by atoms with van der Waals surface area (Å²) in [5.41, 5.74) is 3.94. The molecule has 150 valence electrons. The zero-order valence-electron chi connectivity index (χ0n) is 15.1. The van der Waals surface area contributed by atoms with E-state index in [1.54, 1.807) is 24.4 Å². The predicted octanol–water partition coefficient (Wildman–Crippen LogP) is 5.04. The van der Waals surface area contributed by atoms with Gasteiger partial charge in [-0.2, -0.15) is 0 Å². The predicted molar refractivity (Wildman–Crippen MR) is 95.5 cm³/mol. The van der Waals surface area contributed by atoms with Gasteiger partial charge in [0.1, 0.15) is 29.1 Å². The van der Waals surface area contributed by atoms with Crippen LogP contribution in [0.2, 0.25) is 0 Å². The summed E-state index contributed by atoms with van der Waals surface area (Å²) >= 11 is 0. The van der Waals surface area contributed by atoms with E-state index in [0.29, 0.717) is 28.7 Å². The van der Waals surface area contributed by atoms with Gasteiger partial charge in [-0.1, -0.05) is 12.1 Å². The molecule has 0 fully saturated rings. The summed E-state index contributed by atoms with van der Waals surface area (Å²) in [5, 5.41) is 0. The van der Waals surface area contributed by atoms with Gasteiger partial charge in [0, 0.05) is 6.08 Å². The van der Waals surface area contributed by atoms with Crippen molar-refractivity contribution < 1.29 is 31.9 Å². The molecule has 0 saturated heterocycles. The average molecular weight is 404 g/mol. The van der Waals surface area contributed by atoms with Gasteiger partial charge in [-0.3, -0.25) is 4.84 Å². The lowest BCUT2D eigenvalue weighted by Crippen LogP contribution is -2.17. The third-order valence-electron chi connectivity index (χ3n) is 3.99. The second-order valence-electron chi connectivity index (χ2n) is 6.18. The molecule has 0 amide bonds. The Morgan fingerprint density at radius 2 is 1.76 bits per heavy atom. The van der Waals surface area contributed by atoms with Gasteiger partial charge in [-0.25, -0.2) is 10.5 Å². The average Bonchev–Trinajstić information content (AvgIpc) is 3.31. The summed E-state index contributed by atoms with van der Waals surface area (Å²) in [7, 11) is 0. The van der Waals surface area contributed by atoms with Crippen molar-refractivity contribution in [3.63, 3.8) is 0 Å². The van der Waals surface area contributed by atoms with Crippen LogP contribution in [0.1, 0.15) is 17.4 Å². The third kappa shape index (κ3) is 4.69. The van der Waals surface area contributed by atoms with Gasteiger partial charge in [0.05, 0.1) is 6.20 Å². The summed E-state index contributed by atoms with van der Waals surface area (Å²) < 4.78 is 51.7. The Hall–Kier alpha value is -3.46. The summed E-state index contributed by atoms with van der Waals surface area (Å²) in [5.74, 6) is 1.98. The van der Waals surface area contributed by atoms with Crippen LogP contribution in [0.15, 0.2) is 71.1 Å². The number of aryl methyl sites for hydroxylation is 1. The van der Waals surface area contributed by atoms with Crippen molar-refractivity contribution >= 4 is 0 Å². The van der Waals surface area contributed by atoms with Crippen LogP contribution in [0.4, 0.5) is 13.2 Å². The summed E-state index contributed by atoms with van der Waals surface area (Å²) in [4.78, 5) is 9.69. The van der Waals surface area contributed by atoms with E-state index in [1.807, 2.05) is 19.1 Å². The largest absolute Gasteiger partial charge is 0.573 e. The van der Waals surface area contributed by atoms with Crippen LogP contribution in [0.3, 0.4) is 0 Å². The van der Waals surface area contributed by atoms with Gasteiger partial charge in [0.25, 0.3) is 0 Å². The molecule has 0 unspecified atom stereocenters. The molecule has 3 aromatic rings. The minimum Gasteiger partial charge on any atom is -0.460 e. The van der Waals surface area contributed by atoms with Crippen molar-refractivity contribution in [1.82, 2.24) is 10.5 Å². The van der Waals surface area contributed by atoms with Crippen molar-refractivity contribution in [2.75, 3.05) is 0 Å². The highest BCUT2D eigenvalue weighted by atomic mass is 19.4. The zero-order valence-corrected chi connectivity index (χ0v) is 15.1. The first-order valence-corrected chi connectivity index (χ1v) is 8.56. The Labute approximate surface area is 163 Å². The highest BCUT2D eigenvalue weighted by Gasteiger charge is 2.31. The van der Waals surface area contributed by atoms with Crippen LogP contribution in [-0.4, -0.2) is 11.3 Å². The molecule has 1 aliphatic heterocycles. The first-order valence-electron chi connectivity index (χ1n) is 8.56. The SMILES string of the molecule is Cc1ccc(-c2ccc(OC3=C[C@@H](c4ccc(OC(F)(F)F)cc4)ON3)cn2)o1. The number of nitrogens with zero attached hydrogens (tertiary/aromatic N) is 1. The van der Waals surface area contributed by atoms with E-state index in [4.69, 9.17) is 14.0 Å². The number of rotatable bonds is 5. The highest BCUT2D eigenvalue weighted by Crippen LogP contribution is 2.29. The molecular formula is C20H15F3N2O4. The number of halogens is 3. The highest BCUT2D eigenvalue weighted by molar-refractivity contribution is 5.52. The minimum absolute atomic E-state index is 0.300. The van der Waals surface area contributed by atoms with Crippen molar-refractivity contribution in [3.8, 4) is 23.0 Å². The maximum atomic E-state index is 12.2. The molecule has 0 bridgehead atoms. The van der Waals surface area contributed by atoms with Crippen molar-refractivity contribution in [1.29, 1.82) is 0 Å². The van der Waals surface area contributed by atoms with Gasteiger partial charge in [-0.15, -0.1) is 13.2 Å². The standard InChI is InChI=1S/C20H15F3N2O4/c1-12-2-9-17(26-12)16-8-7-15(11-24-16)27-19-10-18(29-25-19)13-3-5-14(6-4-13)28-20(21,22)23/h2-11,18,25H,1H3/t18-/m0/s1. The summed E-state index contributed by atoms with van der Waals surface area (Å²) in [6, 6.07) is 12.6. The zero-order chi connectivity index (χ0) is 20.4. The molecule has 3 heterocycles. The summed E-state index contributed by atoms with van der Waals surface area (Å²) in [6.45, 7) is 1.85. The summed E-state index contributed by atoms with van der Waals surface area (Å²) in [6.07, 6.45) is -2.05. The van der Waals surface area contributed by atoms with Crippen LogP contribution < -0.4 is 15.0 Å². The lowest BCUT2D eigenvalue weighted by Gasteiger charge is -2.11. The van der Waals surface area contributed by atoms with Crippen molar-refractivity contribution in [2.45, 2.75) is 19.4 Å². The van der Waals surface area contributed by atoms with Crippen molar-refractivity contribution in [3.05, 3.63) is 78.0 Å². The number of aromatic nitrogens is 1. The number of pyridine rings is 1. The number of alkyl halides is 3. The Balaban J connectivity index is 1.40. The lowest BCUT2D eigenvalue weighted by atomic mass is 10.1. The fourth-order valence-corrected chi connectivity index (χ4v) is 2.69. The Morgan fingerprint density at radius 1 is 1.00 bits per heavy atom. The fourth-order valence-electron chi connectivity index (χ4n) is 2.69. The van der Waals surface area contributed by atoms with E-state index in [1.165, 1.54) is 24.3 Å². The molecule has 0 saturated carbocycles. The smallest absolute Gasteiger partial charge is 0.460 e. The number of nitrogens with one attached hydrogen (secondary N) is 1. The molecule has 1 atom stereocenters. The van der Waals surface area contributed by atoms with Gasteiger partial charge in [0.2, 0.25) is 5.88 Å². The fraction of sp³-hybridized carbons (Fsp3) is 0.150. The molecule has 0 radical (unpaired) electrons. The third-order valence-corrected chi connectivity index (χ3v) is 3.99. The normalized spacial score (nSPS) is 16.3.